The van der Waals surface area contributed by atoms with Gasteiger partial charge in [0.1, 0.15) is 0 Å². The molecule has 3 nitrogen and oxygen atoms in total. The van der Waals surface area contributed by atoms with Crippen molar-refractivity contribution >= 4 is 28.9 Å². The molecule has 0 amide bonds. The zero-order valence-electron chi connectivity index (χ0n) is 13.4. The summed E-state index contributed by atoms with van der Waals surface area (Å²) in [5, 5.41) is 10.5. The topological polar surface area (TPSA) is 40.5 Å². The third-order valence-electron chi connectivity index (χ3n) is 5.55. The lowest BCUT2D eigenvalue weighted by molar-refractivity contribution is -0.149. The smallest absolute Gasteiger partial charge is 0.311 e. The molecule has 4 rings (SSSR count). The predicted molar refractivity (Wildman–Crippen MR) is 97.5 cm³/mol. The van der Waals surface area contributed by atoms with Crippen molar-refractivity contribution in [1.82, 2.24) is 4.90 Å². The lowest BCUT2D eigenvalue weighted by Gasteiger charge is -2.23. The summed E-state index contributed by atoms with van der Waals surface area (Å²) in [5.74, 6) is -0.284. The number of likely N-dealkylation sites (tertiary alicyclic amines) is 1. The number of hydrogen-bond acceptors (Lipinski definition) is 3. The van der Waals surface area contributed by atoms with E-state index in [0.717, 1.165) is 42.9 Å². The zero-order valence-corrected chi connectivity index (χ0v) is 14.9. The number of hydrogen-bond donors (Lipinski definition) is 1. The highest BCUT2D eigenvalue weighted by atomic mass is 35.5. The Morgan fingerprint density at radius 1 is 1.33 bits per heavy atom. The quantitative estimate of drug-likeness (QED) is 0.853. The van der Waals surface area contributed by atoms with E-state index in [0.29, 0.717) is 12.5 Å². The van der Waals surface area contributed by atoms with E-state index in [4.69, 9.17) is 11.6 Å². The fourth-order valence-corrected chi connectivity index (χ4v) is 5.74. The monoisotopic (exact) mass is 361 g/mol. The van der Waals surface area contributed by atoms with Gasteiger partial charge in [-0.1, -0.05) is 36.2 Å². The van der Waals surface area contributed by atoms with Crippen LogP contribution in [0.2, 0.25) is 5.02 Å². The lowest BCUT2D eigenvalue weighted by Crippen LogP contribution is -2.35. The Morgan fingerprint density at radius 2 is 2.17 bits per heavy atom. The Morgan fingerprint density at radius 3 is 2.92 bits per heavy atom. The normalized spacial score (nSPS) is 26.6. The minimum absolute atomic E-state index is 0.318. The summed E-state index contributed by atoms with van der Waals surface area (Å²) in [6.07, 6.45) is 2.94. The molecule has 2 fully saturated rings. The largest absolute Gasteiger partial charge is 0.481 e. The molecule has 0 spiro atoms. The van der Waals surface area contributed by atoms with E-state index >= 15 is 0 Å². The van der Waals surface area contributed by atoms with Crippen LogP contribution < -0.4 is 0 Å². The maximum Gasteiger partial charge on any atom is 0.311 e. The van der Waals surface area contributed by atoms with Crippen molar-refractivity contribution in [1.29, 1.82) is 0 Å². The molecular weight excluding hydrogens is 342 g/mol. The van der Waals surface area contributed by atoms with Crippen LogP contribution in [0.3, 0.4) is 0 Å². The van der Waals surface area contributed by atoms with Crippen LogP contribution in [-0.4, -0.2) is 29.1 Å². The summed E-state index contributed by atoms with van der Waals surface area (Å²) in [7, 11) is 0. The molecule has 2 atom stereocenters. The van der Waals surface area contributed by atoms with Gasteiger partial charge in [0.2, 0.25) is 0 Å². The predicted octanol–water partition coefficient (Wildman–Crippen LogP) is 4.76. The molecule has 0 radical (unpaired) electrons. The number of carboxylic acids is 1. The molecule has 1 aromatic heterocycles. The summed E-state index contributed by atoms with van der Waals surface area (Å²) < 4.78 is 0. The van der Waals surface area contributed by atoms with E-state index in [1.165, 1.54) is 9.75 Å². The third-order valence-corrected chi connectivity index (χ3v) is 6.98. The molecular formula is C19H20ClNO2S. The SMILES string of the molecule is O=C(O)[C@@]12CCC[C@H]1CN(Cc1ccc(-c3ccccc3Cl)s1)C2. The van der Waals surface area contributed by atoms with Gasteiger partial charge in [0.05, 0.1) is 5.41 Å². The van der Waals surface area contributed by atoms with Crippen molar-refractivity contribution in [3.05, 3.63) is 46.3 Å². The highest BCUT2D eigenvalue weighted by molar-refractivity contribution is 7.15. The van der Waals surface area contributed by atoms with Gasteiger partial charge in [-0.05, 0) is 37.0 Å². The van der Waals surface area contributed by atoms with Gasteiger partial charge in [-0.25, -0.2) is 0 Å². The maximum absolute atomic E-state index is 11.8. The number of rotatable bonds is 4. The van der Waals surface area contributed by atoms with Crippen molar-refractivity contribution in [2.75, 3.05) is 13.1 Å². The number of nitrogens with zero attached hydrogens (tertiary/aromatic N) is 1. The van der Waals surface area contributed by atoms with Gasteiger partial charge in [0.25, 0.3) is 0 Å². The lowest BCUT2D eigenvalue weighted by atomic mass is 9.81. The first-order chi connectivity index (χ1) is 11.6. The number of halogens is 1. The fraction of sp³-hybridized carbons (Fsp3) is 0.421. The molecule has 2 heterocycles. The van der Waals surface area contributed by atoms with E-state index in [1.54, 1.807) is 11.3 Å². The fourth-order valence-electron chi connectivity index (χ4n) is 4.35. The molecule has 1 saturated heterocycles. The second-order valence-electron chi connectivity index (χ2n) is 6.97. The first-order valence-electron chi connectivity index (χ1n) is 8.38. The zero-order chi connectivity index (χ0) is 16.7. The Bertz CT molecular complexity index is 774. The first-order valence-corrected chi connectivity index (χ1v) is 9.57. The van der Waals surface area contributed by atoms with Crippen LogP contribution >= 0.6 is 22.9 Å². The molecule has 1 aliphatic carbocycles. The molecule has 1 aromatic carbocycles. The van der Waals surface area contributed by atoms with Crippen molar-refractivity contribution in [2.45, 2.75) is 25.8 Å². The van der Waals surface area contributed by atoms with Crippen LogP contribution in [0.4, 0.5) is 0 Å². The van der Waals surface area contributed by atoms with E-state index in [2.05, 4.69) is 17.0 Å². The number of carbonyl (C=O) groups is 1. The number of fused-ring (bicyclic) bond motifs is 1. The Balaban J connectivity index is 1.50. The molecule has 1 aliphatic heterocycles. The average molecular weight is 362 g/mol. The molecule has 0 bridgehead atoms. The van der Waals surface area contributed by atoms with Crippen LogP contribution in [0.1, 0.15) is 24.1 Å². The van der Waals surface area contributed by atoms with Gasteiger partial charge in [0, 0.05) is 40.0 Å². The van der Waals surface area contributed by atoms with Crippen molar-refractivity contribution in [3.63, 3.8) is 0 Å². The van der Waals surface area contributed by atoms with Crippen LogP contribution in [0.15, 0.2) is 36.4 Å². The molecule has 5 heteroatoms. The summed E-state index contributed by atoms with van der Waals surface area (Å²) in [4.78, 5) is 16.5. The van der Waals surface area contributed by atoms with Gasteiger partial charge < -0.3 is 5.11 Å². The van der Waals surface area contributed by atoms with Crippen LogP contribution in [0.25, 0.3) is 10.4 Å². The van der Waals surface area contributed by atoms with Gasteiger partial charge in [-0.15, -0.1) is 11.3 Å². The molecule has 1 N–H and O–H groups in total. The highest BCUT2D eigenvalue weighted by Gasteiger charge is 2.54. The maximum atomic E-state index is 11.8. The summed E-state index contributed by atoms with van der Waals surface area (Å²) >= 11 is 8.04. The molecule has 24 heavy (non-hydrogen) atoms. The number of benzene rings is 1. The van der Waals surface area contributed by atoms with Gasteiger partial charge >= 0.3 is 5.97 Å². The van der Waals surface area contributed by atoms with Crippen molar-refractivity contribution < 1.29 is 9.90 Å². The summed E-state index contributed by atoms with van der Waals surface area (Å²) in [5.41, 5.74) is 0.568. The van der Waals surface area contributed by atoms with Gasteiger partial charge in [-0.2, -0.15) is 0 Å². The highest BCUT2D eigenvalue weighted by Crippen LogP contribution is 2.49. The first kappa shape index (κ1) is 16.1. The van der Waals surface area contributed by atoms with Gasteiger partial charge in [-0.3, -0.25) is 9.69 Å². The number of thiophene rings is 1. The van der Waals surface area contributed by atoms with Gasteiger partial charge in [0.15, 0.2) is 0 Å². The standard InChI is InChI=1S/C19H20ClNO2S/c20-16-6-2-1-5-15(16)17-8-7-14(24-17)11-21-10-13-4-3-9-19(13,12-21)18(22)23/h1-2,5-8,13H,3-4,9-12H2,(H,22,23)/t13-,19+/m0/s1. The second-order valence-corrected chi connectivity index (χ2v) is 8.54. The Kier molecular flexibility index (Phi) is 4.15. The molecule has 2 aromatic rings. The summed E-state index contributed by atoms with van der Waals surface area (Å²) in [6, 6.07) is 12.1. The van der Waals surface area contributed by atoms with E-state index in [1.807, 2.05) is 24.3 Å². The third kappa shape index (κ3) is 2.67. The average Bonchev–Trinajstić information content (AvgIpc) is 3.22. The number of carboxylic acid groups (broad SMARTS) is 1. The summed E-state index contributed by atoms with van der Waals surface area (Å²) in [6.45, 7) is 2.43. The van der Waals surface area contributed by atoms with Crippen LogP contribution in [0, 0.1) is 11.3 Å². The minimum Gasteiger partial charge on any atom is -0.481 e. The van der Waals surface area contributed by atoms with E-state index in [-0.39, 0.29) is 0 Å². The second kappa shape index (κ2) is 6.17. The van der Waals surface area contributed by atoms with Crippen molar-refractivity contribution in [3.8, 4) is 10.4 Å². The molecule has 0 unspecified atom stereocenters. The van der Waals surface area contributed by atoms with E-state index < -0.39 is 11.4 Å². The van der Waals surface area contributed by atoms with Crippen molar-refractivity contribution in [2.24, 2.45) is 11.3 Å². The van der Waals surface area contributed by atoms with Crippen LogP contribution in [-0.2, 0) is 11.3 Å². The van der Waals surface area contributed by atoms with Crippen LogP contribution in [0.5, 0.6) is 0 Å². The molecule has 2 aliphatic rings. The minimum atomic E-state index is -0.601. The Labute approximate surface area is 150 Å². The molecule has 126 valence electrons. The number of aliphatic carboxylic acids is 1. The Hall–Kier alpha value is -1.36. The van der Waals surface area contributed by atoms with E-state index in [9.17, 15) is 9.90 Å². The molecule has 1 saturated carbocycles.